The van der Waals surface area contributed by atoms with Crippen molar-refractivity contribution in [3.8, 4) is 0 Å². The average molecular weight is 351 g/mol. The smallest absolute Gasteiger partial charge is 0.262 e. The van der Waals surface area contributed by atoms with Crippen LogP contribution in [0, 0.1) is 0 Å². The van der Waals surface area contributed by atoms with Crippen LogP contribution in [0.5, 0.6) is 0 Å². The van der Waals surface area contributed by atoms with Crippen molar-refractivity contribution in [2.75, 3.05) is 29.9 Å². The van der Waals surface area contributed by atoms with Gasteiger partial charge in [-0.2, -0.15) is 0 Å². The first-order chi connectivity index (χ1) is 12.5. The Morgan fingerprint density at radius 1 is 0.923 bits per heavy atom. The third kappa shape index (κ3) is 3.31. The van der Waals surface area contributed by atoms with Crippen LogP contribution in [0.2, 0.25) is 0 Å². The first-order valence-electron chi connectivity index (χ1n) is 8.65. The van der Waals surface area contributed by atoms with E-state index in [0.717, 1.165) is 23.7 Å². The number of carbonyl (C=O) groups excluding carboxylic acids is 3. The molecule has 26 heavy (non-hydrogen) atoms. The SMILES string of the molecule is CCN(CC)c1ccc(NC(=O)CN2C(=O)c3ccccc3C2=O)cc1. The van der Waals surface area contributed by atoms with E-state index in [9.17, 15) is 14.4 Å². The maximum absolute atomic E-state index is 12.3. The molecule has 0 radical (unpaired) electrons. The van der Waals surface area contributed by atoms with Crippen molar-refractivity contribution in [1.82, 2.24) is 4.90 Å². The number of nitrogens with one attached hydrogen (secondary N) is 1. The van der Waals surface area contributed by atoms with E-state index in [1.807, 2.05) is 24.3 Å². The zero-order valence-electron chi connectivity index (χ0n) is 14.9. The summed E-state index contributed by atoms with van der Waals surface area (Å²) in [5.41, 5.74) is 2.39. The molecule has 6 nitrogen and oxygen atoms in total. The van der Waals surface area contributed by atoms with Gasteiger partial charge in [0.1, 0.15) is 6.54 Å². The summed E-state index contributed by atoms with van der Waals surface area (Å²) in [5.74, 6) is -1.27. The van der Waals surface area contributed by atoms with Gasteiger partial charge in [-0.25, -0.2) is 0 Å². The summed E-state index contributed by atoms with van der Waals surface area (Å²) < 4.78 is 0. The molecule has 0 atom stereocenters. The highest BCUT2D eigenvalue weighted by atomic mass is 16.2. The summed E-state index contributed by atoms with van der Waals surface area (Å²) in [7, 11) is 0. The minimum absolute atomic E-state index is 0.301. The Morgan fingerprint density at radius 3 is 1.96 bits per heavy atom. The number of benzene rings is 2. The van der Waals surface area contributed by atoms with Gasteiger partial charge in [0.15, 0.2) is 0 Å². The van der Waals surface area contributed by atoms with Crippen LogP contribution in [0.3, 0.4) is 0 Å². The highest BCUT2D eigenvalue weighted by molar-refractivity contribution is 6.22. The van der Waals surface area contributed by atoms with E-state index in [2.05, 4.69) is 24.1 Å². The van der Waals surface area contributed by atoms with Crippen LogP contribution in [0.25, 0.3) is 0 Å². The molecule has 1 N–H and O–H groups in total. The fourth-order valence-electron chi connectivity index (χ4n) is 3.07. The number of hydrogen-bond donors (Lipinski definition) is 1. The van der Waals surface area contributed by atoms with Gasteiger partial charge in [-0.1, -0.05) is 12.1 Å². The number of hydrogen-bond acceptors (Lipinski definition) is 4. The van der Waals surface area contributed by atoms with E-state index < -0.39 is 17.7 Å². The number of anilines is 2. The molecule has 3 amide bonds. The summed E-state index contributed by atoms with van der Waals surface area (Å²) in [6.07, 6.45) is 0. The van der Waals surface area contributed by atoms with E-state index in [1.54, 1.807) is 24.3 Å². The van der Waals surface area contributed by atoms with E-state index in [0.29, 0.717) is 16.8 Å². The summed E-state index contributed by atoms with van der Waals surface area (Å²) in [6, 6.07) is 14.1. The number of imide groups is 1. The second-order valence-corrected chi connectivity index (χ2v) is 6.01. The molecule has 3 rings (SSSR count). The maximum Gasteiger partial charge on any atom is 0.262 e. The van der Waals surface area contributed by atoms with Crippen molar-refractivity contribution >= 4 is 29.1 Å². The Bertz CT molecular complexity index is 807. The fourth-order valence-corrected chi connectivity index (χ4v) is 3.07. The monoisotopic (exact) mass is 351 g/mol. The van der Waals surface area contributed by atoms with Gasteiger partial charge in [-0.3, -0.25) is 19.3 Å². The zero-order valence-corrected chi connectivity index (χ0v) is 14.9. The van der Waals surface area contributed by atoms with Gasteiger partial charge < -0.3 is 10.2 Å². The third-order valence-corrected chi connectivity index (χ3v) is 4.46. The summed E-state index contributed by atoms with van der Waals surface area (Å²) in [4.78, 5) is 40.1. The molecular weight excluding hydrogens is 330 g/mol. The van der Waals surface area contributed by atoms with Gasteiger partial charge in [0, 0.05) is 24.5 Å². The minimum atomic E-state index is -0.433. The van der Waals surface area contributed by atoms with Gasteiger partial charge in [-0.05, 0) is 50.2 Å². The summed E-state index contributed by atoms with van der Waals surface area (Å²) in [5, 5.41) is 2.74. The molecule has 2 aromatic carbocycles. The number of carbonyl (C=O) groups is 3. The Kier molecular flexibility index (Phi) is 5.02. The molecule has 6 heteroatoms. The summed E-state index contributed by atoms with van der Waals surface area (Å²) in [6.45, 7) is 5.68. The lowest BCUT2D eigenvalue weighted by Crippen LogP contribution is -2.37. The van der Waals surface area contributed by atoms with Crippen LogP contribution in [0.4, 0.5) is 11.4 Å². The summed E-state index contributed by atoms with van der Waals surface area (Å²) >= 11 is 0. The lowest BCUT2D eigenvalue weighted by Gasteiger charge is -2.21. The normalized spacial score (nSPS) is 12.9. The zero-order chi connectivity index (χ0) is 18.7. The van der Waals surface area contributed by atoms with Gasteiger partial charge in [0.05, 0.1) is 11.1 Å². The second-order valence-electron chi connectivity index (χ2n) is 6.01. The molecule has 0 saturated carbocycles. The van der Waals surface area contributed by atoms with Crippen LogP contribution >= 0.6 is 0 Å². The topological polar surface area (TPSA) is 69.7 Å². The molecular formula is C20H21N3O3. The molecule has 1 heterocycles. The van der Waals surface area contributed by atoms with Crippen LogP contribution < -0.4 is 10.2 Å². The lowest BCUT2D eigenvalue weighted by molar-refractivity contribution is -0.116. The lowest BCUT2D eigenvalue weighted by atomic mass is 10.1. The predicted octanol–water partition coefficient (Wildman–Crippen LogP) is 2.77. The van der Waals surface area contributed by atoms with E-state index in [-0.39, 0.29) is 6.54 Å². The Morgan fingerprint density at radius 2 is 1.46 bits per heavy atom. The largest absolute Gasteiger partial charge is 0.372 e. The van der Waals surface area contributed by atoms with Gasteiger partial charge >= 0.3 is 0 Å². The van der Waals surface area contributed by atoms with Crippen LogP contribution in [0.15, 0.2) is 48.5 Å². The van der Waals surface area contributed by atoms with Gasteiger partial charge in [0.25, 0.3) is 11.8 Å². The quantitative estimate of drug-likeness (QED) is 0.813. The molecule has 1 aliphatic rings. The minimum Gasteiger partial charge on any atom is -0.372 e. The van der Waals surface area contributed by atoms with E-state index in [1.165, 1.54) is 0 Å². The van der Waals surface area contributed by atoms with Gasteiger partial charge in [0.2, 0.25) is 5.91 Å². The van der Waals surface area contributed by atoms with E-state index in [4.69, 9.17) is 0 Å². The third-order valence-electron chi connectivity index (χ3n) is 4.46. The number of rotatable bonds is 6. The van der Waals surface area contributed by atoms with Crippen molar-refractivity contribution in [3.05, 3.63) is 59.7 Å². The second kappa shape index (κ2) is 7.39. The van der Waals surface area contributed by atoms with Crippen molar-refractivity contribution in [2.45, 2.75) is 13.8 Å². The molecule has 0 aliphatic carbocycles. The van der Waals surface area contributed by atoms with Crippen molar-refractivity contribution < 1.29 is 14.4 Å². The molecule has 0 bridgehead atoms. The Hall–Kier alpha value is -3.15. The molecule has 2 aromatic rings. The number of amides is 3. The van der Waals surface area contributed by atoms with Crippen molar-refractivity contribution in [2.24, 2.45) is 0 Å². The molecule has 0 aromatic heterocycles. The predicted molar refractivity (Wildman–Crippen MR) is 100 cm³/mol. The molecule has 1 aliphatic heterocycles. The molecule has 0 spiro atoms. The maximum atomic E-state index is 12.3. The first kappa shape index (κ1) is 17.7. The van der Waals surface area contributed by atoms with Crippen molar-refractivity contribution in [3.63, 3.8) is 0 Å². The molecule has 0 unspecified atom stereocenters. The molecule has 0 saturated heterocycles. The standard InChI is InChI=1S/C20H21N3O3/c1-3-22(4-2)15-11-9-14(10-12-15)21-18(24)13-23-19(25)16-7-5-6-8-17(16)20(23)26/h5-12H,3-4,13H2,1-2H3,(H,21,24). The van der Waals surface area contributed by atoms with Crippen LogP contribution in [0.1, 0.15) is 34.6 Å². The number of fused-ring (bicyclic) bond motifs is 1. The Labute approximate surface area is 152 Å². The number of nitrogens with zero attached hydrogens (tertiary/aromatic N) is 2. The van der Waals surface area contributed by atoms with Gasteiger partial charge in [-0.15, -0.1) is 0 Å². The van der Waals surface area contributed by atoms with Crippen LogP contribution in [-0.2, 0) is 4.79 Å². The fraction of sp³-hybridized carbons (Fsp3) is 0.250. The van der Waals surface area contributed by atoms with Crippen LogP contribution in [-0.4, -0.2) is 42.3 Å². The first-order valence-corrected chi connectivity index (χ1v) is 8.65. The average Bonchev–Trinajstić information content (AvgIpc) is 2.89. The molecule has 134 valence electrons. The Balaban J connectivity index is 1.65. The highest BCUT2D eigenvalue weighted by Gasteiger charge is 2.36. The molecule has 0 fully saturated rings. The van der Waals surface area contributed by atoms with Crippen molar-refractivity contribution in [1.29, 1.82) is 0 Å². The van der Waals surface area contributed by atoms with E-state index >= 15 is 0 Å². The highest BCUT2D eigenvalue weighted by Crippen LogP contribution is 2.22.